The summed E-state index contributed by atoms with van der Waals surface area (Å²) in [5.74, 6) is 2.11. The van der Waals surface area contributed by atoms with Gasteiger partial charge in [0.1, 0.15) is 0 Å². The third-order valence-corrected chi connectivity index (χ3v) is 4.40. The molecular formula is C22H32N4O3. The van der Waals surface area contributed by atoms with Crippen LogP contribution in [0.4, 0.5) is 5.69 Å². The molecule has 2 aromatic rings. The first-order valence-corrected chi connectivity index (χ1v) is 10.1. The van der Waals surface area contributed by atoms with E-state index in [1.54, 1.807) is 23.8 Å². The van der Waals surface area contributed by atoms with Gasteiger partial charge in [0.05, 0.1) is 13.7 Å². The zero-order valence-electron chi connectivity index (χ0n) is 17.8. The first-order valence-electron chi connectivity index (χ1n) is 10.1. The largest absolute Gasteiger partial charge is 0.493 e. The van der Waals surface area contributed by atoms with Crippen LogP contribution in [0.1, 0.15) is 32.4 Å². The lowest BCUT2D eigenvalue weighted by molar-refractivity contribution is 0.311. The second-order valence-electron chi connectivity index (χ2n) is 6.55. The number of aromatic nitrogens is 1. The summed E-state index contributed by atoms with van der Waals surface area (Å²) in [7, 11) is 1.63. The van der Waals surface area contributed by atoms with Gasteiger partial charge in [0.25, 0.3) is 5.56 Å². The van der Waals surface area contributed by atoms with Gasteiger partial charge in [-0.15, -0.1) is 0 Å². The maximum atomic E-state index is 11.9. The topological polar surface area (TPSA) is 76.9 Å². The minimum atomic E-state index is 0.0490. The maximum Gasteiger partial charge on any atom is 0.250 e. The molecule has 0 aliphatic rings. The lowest BCUT2D eigenvalue weighted by Gasteiger charge is -2.14. The fourth-order valence-electron chi connectivity index (χ4n) is 2.95. The number of benzene rings is 1. The van der Waals surface area contributed by atoms with Crippen LogP contribution in [0.15, 0.2) is 46.2 Å². The number of aryl methyl sites for hydroxylation is 1. The number of hydrogen-bond donors (Lipinski definition) is 2. The van der Waals surface area contributed by atoms with E-state index in [1.165, 1.54) is 0 Å². The van der Waals surface area contributed by atoms with E-state index in [-0.39, 0.29) is 5.56 Å². The minimum absolute atomic E-state index is 0.0490. The van der Waals surface area contributed by atoms with Crippen LogP contribution in [0.3, 0.4) is 0 Å². The van der Waals surface area contributed by atoms with Gasteiger partial charge < -0.3 is 24.7 Å². The maximum absolute atomic E-state index is 11.9. The Morgan fingerprint density at radius 2 is 1.97 bits per heavy atom. The number of nitrogens with one attached hydrogen (secondary N) is 2. The average molecular weight is 401 g/mol. The molecule has 0 spiro atoms. The summed E-state index contributed by atoms with van der Waals surface area (Å²) >= 11 is 0. The van der Waals surface area contributed by atoms with Crippen LogP contribution in [-0.2, 0) is 6.54 Å². The first kappa shape index (κ1) is 22.3. The van der Waals surface area contributed by atoms with Crippen molar-refractivity contribution in [3.8, 4) is 11.5 Å². The van der Waals surface area contributed by atoms with Crippen LogP contribution < -0.4 is 25.7 Å². The molecule has 1 aromatic carbocycles. The Morgan fingerprint density at radius 1 is 1.14 bits per heavy atom. The number of guanidine groups is 1. The van der Waals surface area contributed by atoms with E-state index in [2.05, 4.69) is 15.6 Å². The Hall–Kier alpha value is -2.96. The zero-order valence-corrected chi connectivity index (χ0v) is 17.8. The van der Waals surface area contributed by atoms with E-state index < -0.39 is 0 Å². The van der Waals surface area contributed by atoms with E-state index in [0.29, 0.717) is 37.2 Å². The summed E-state index contributed by atoms with van der Waals surface area (Å²) in [5, 5.41) is 6.55. The molecule has 1 heterocycles. The van der Waals surface area contributed by atoms with Gasteiger partial charge in [0, 0.05) is 43.1 Å². The Balaban J connectivity index is 1.93. The lowest BCUT2D eigenvalue weighted by atomic mass is 10.2. The van der Waals surface area contributed by atoms with Crippen molar-refractivity contribution in [2.45, 2.75) is 40.2 Å². The van der Waals surface area contributed by atoms with Crippen LogP contribution in [0, 0.1) is 6.92 Å². The quantitative estimate of drug-likeness (QED) is 0.363. The fourth-order valence-corrected chi connectivity index (χ4v) is 2.95. The third kappa shape index (κ3) is 6.85. The number of aliphatic imine (C=N–C) groups is 1. The molecule has 0 saturated carbocycles. The molecule has 0 bridgehead atoms. The smallest absolute Gasteiger partial charge is 0.250 e. The molecule has 0 atom stereocenters. The lowest BCUT2D eigenvalue weighted by Crippen LogP contribution is -2.30. The zero-order chi connectivity index (χ0) is 21.1. The van der Waals surface area contributed by atoms with Crippen LogP contribution in [0.2, 0.25) is 0 Å². The number of ether oxygens (including phenoxy) is 2. The number of rotatable bonds is 10. The molecule has 0 fully saturated rings. The minimum Gasteiger partial charge on any atom is -0.493 e. The highest BCUT2D eigenvalue weighted by Gasteiger charge is 2.07. The Labute approximate surface area is 172 Å². The highest BCUT2D eigenvalue weighted by molar-refractivity contribution is 5.93. The Bertz CT molecular complexity index is 861. The molecule has 158 valence electrons. The summed E-state index contributed by atoms with van der Waals surface area (Å²) < 4.78 is 12.8. The summed E-state index contributed by atoms with van der Waals surface area (Å²) in [6.45, 7) is 8.65. The SMILES string of the molecule is CCNC(=NCCCCn1c(C)cccc1=O)Nc1ccc(OCC)c(OC)c1. The third-order valence-electron chi connectivity index (χ3n) is 4.40. The second kappa shape index (κ2) is 11.8. The monoisotopic (exact) mass is 400 g/mol. The van der Waals surface area contributed by atoms with Crippen molar-refractivity contribution in [2.24, 2.45) is 4.99 Å². The molecular weight excluding hydrogens is 368 g/mol. The number of anilines is 1. The van der Waals surface area contributed by atoms with Crippen LogP contribution >= 0.6 is 0 Å². The van der Waals surface area contributed by atoms with Crippen LogP contribution in [0.25, 0.3) is 0 Å². The van der Waals surface area contributed by atoms with Gasteiger partial charge in [-0.05, 0) is 51.8 Å². The predicted octanol–water partition coefficient (Wildman–Crippen LogP) is 3.42. The van der Waals surface area contributed by atoms with Gasteiger partial charge in [-0.2, -0.15) is 0 Å². The second-order valence-corrected chi connectivity index (χ2v) is 6.55. The van der Waals surface area contributed by atoms with Gasteiger partial charge >= 0.3 is 0 Å². The van der Waals surface area contributed by atoms with E-state index in [4.69, 9.17) is 9.47 Å². The number of unbranched alkanes of at least 4 members (excludes halogenated alkanes) is 1. The average Bonchev–Trinajstić information content (AvgIpc) is 2.71. The molecule has 29 heavy (non-hydrogen) atoms. The standard InChI is InChI=1S/C22H32N4O3/c1-5-23-22(25-18-12-13-19(29-6-2)20(16-18)28-4)24-14-7-8-15-26-17(3)10-9-11-21(26)27/h9-13,16H,5-8,14-15H2,1-4H3,(H2,23,24,25). The summed E-state index contributed by atoms with van der Waals surface area (Å²) in [5.41, 5.74) is 1.91. The van der Waals surface area contributed by atoms with Crippen molar-refractivity contribution in [1.82, 2.24) is 9.88 Å². The molecule has 0 amide bonds. The normalized spacial score (nSPS) is 11.2. The van der Waals surface area contributed by atoms with Crippen molar-refractivity contribution < 1.29 is 9.47 Å². The molecule has 0 aliphatic carbocycles. The highest BCUT2D eigenvalue weighted by Crippen LogP contribution is 2.30. The highest BCUT2D eigenvalue weighted by atomic mass is 16.5. The molecule has 7 nitrogen and oxygen atoms in total. The van der Waals surface area contributed by atoms with Crippen molar-refractivity contribution >= 4 is 11.6 Å². The van der Waals surface area contributed by atoms with Gasteiger partial charge in [0.15, 0.2) is 17.5 Å². The number of pyridine rings is 1. The molecule has 0 aliphatic heterocycles. The molecule has 1 aromatic heterocycles. The summed E-state index contributed by atoms with van der Waals surface area (Å²) in [6.07, 6.45) is 1.79. The van der Waals surface area contributed by atoms with E-state index in [9.17, 15) is 4.79 Å². The van der Waals surface area contributed by atoms with Crippen molar-refractivity contribution in [1.29, 1.82) is 0 Å². The number of nitrogens with zero attached hydrogens (tertiary/aromatic N) is 2. The van der Waals surface area contributed by atoms with Crippen LogP contribution in [0.5, 0.6) is 11.5 Å². The van der Waals surface area contributed by atoms with Gasteiger partial charge in [-0.3, -0.25) is 9.79 Å². The molecule has 2 N–H and O–H groups in total. The van der Waals surface area contributed by atoms with E-state index in [0.717, 1.165) is 30.8 Å². The first-order chi connectivity index (χ1) is 14.1. The fraction of sp³-hybridized carbons (Fsp3) is 0.455. The number of methoxy groups -OCH3 is 1. The Kier molecular flexibility index (Phi) is 9.08. The molecule has 0 unspecified atom stereocenters. The van der Waals surface area contributed by atoms with Crippen LogP contribution in [-0.4, -0.2) is 37.3 Å². The summed E-state index contributed by atoms with van der Waals surface area (Å²) in [6, 6.07) is 11.1. The molecule has 0 radical (unpaired) electrons. The Morgan fingerprint density at radius 3 is 2.66 bits per heavy atom. The van der Waals surface area contributed by atoms with E-state index >= 15 is 0 Å². The summed E-state index contributed by atoms with van der Waals surface area (Å²) in [4.78, 5) is 16.5. The van der Waals surface area contributed by atoms with Crippen molar-refractivity contribution in [2.75, 3.05) is 32.1 Å². The van der Waals surface area contributed by atoms with Gasteiger partial charge in [-0.25, -0.2) is 0 Å². The predicted molar refractivity (Wildman–Crippen MR) is 118 cm³/mol. The molecule has 0 saturated heterocycles. The van der Waals surface area contributed by atoms with E-state index in [1.807, 2.05) is 45.0 Å². The molecule has 2 rings (SSSR count). The van der Waals surface area contributed by atoms with Crippen molar-refractivity contribution in [3.63, 3.8) is 0 Å². The van der Waals surface area contributed by atoms with Crippen molar-refractivity contribution in [3.05, 3.63) is 52.4 Å². The number of hydrogen-bond acceptors (Lipinski definition) is 4. The van der Waals surface area contributed by atoms with Gasteiger partial charge in [-0.1, -0.05) is 6.07 Å². The molecule has 7 heteroatoms. The van der Waals surface area contributed by atoms with Gasteiger partial charge in [0.2, 0.25) is 0 Å².